The van der Waals surface area contributed by atoms with Crippen molar-refractivity contribution in [3.05, 3.63) is 17.5 Å². The molecule has 1 aromatic heterocycles. The zero-order valence-electron chi connectivity index (χ0n) is 10.7. The normalized spacial score (nSPS) is 11.1. The number of hydrogen-bond acceptors (Lipinski definition) is 3. The molecule has 0 saturated carbocycles. The van der Waals surface area contributed by atoms with E-state index in [4.69, 9.17) is 0 Å². The molecule has 4 heteroatoms. The molecule has 0 spiro atoms. The van der Waals surface area contributed by atoms with Gasteiger partial charge in [0.05, 0.1) is 18.3 Å². The average molecular weight is 223 g/mol. The second kappa shape index (κ2) is 5.80. The molecule has 16 heavy (non-hydrogen) atoms. The number of hydrogen-bond donors (Lipinski definition) is 0. The van der Waals surface area contributed by atoms with Gasteiger partial charge in [-0.3, -0.25) is 9.48 Å². The van der Waals surface area contributed by atoms with Gasteiger partial charge in [0.15, 0.2) is 5.78 Å². The molecule has 0 radical (unpaired) electrons. The summed E-state index contributed by atoms with van der Waals surface area (Å²) in [6.07, 6.45) is 1.67. The lowest BCUT2D eigenvalue weighted by Crippen LogP contribution is -2.27. The van der Waals surface area contributed by atoms with Crippen LogP contribution in [0.25, 0.3) is 0 Å². The Balaban J connectivity index is 2.64. The fourth-order valence-electron chi connectivity index (χ4n) is 1.79. The van der Waals surface area contributed by atoms with Crippen molar-refractivity contribution < 1.29 is 4.79 Å². The van der Waals surface area contributed by atoms with Gasteiger partial charge in [0.25, 0.3) is 0 Å². The standard InChI is InChI=1S/C12H21N3O/c1-5-14(6-2)7-8-15-10(3)12(9-13-15)11(4)16/h9H,5-8H2,1-4H3. The van der Waals surface area contributed by atoms with E-state index in [2.05, 4.69) is 23.8 Å². The van der Waals surface area contributed by atoms with E-state index in [0.717, 1.165) is 37.4 Å². The van der Waals surface area contributed by atoms with Crippen LogP contribution in [0.4, 0.5) is 0 Å². The molecule has 1 rings (SSSR count). The summed E-state index contributed by atoms with van der Waals surface area (Å²) in [6, 6.07) is 0. The quantitative estimate of drug-likeness (QED) is 0.689. The van der Waals surface area contributed by atoms with E-state index >= 15 is 0 Å². The molecule has 0 unspecified atom stereocenters. The summed E-state index contributed by atoms with van der Waals surface area (Å²) in [7, 11) is 0. The lowest BCUT2D eigenvalue weighted by molar-refractivity contribution is 0.101. The summed E-state index contributed by atoms with van der Waals surface area (Å²) in [5, 5.41) is 4.25. The summed E-state index contributed by atoms with van der Waals surface area (Å²) in [5.74, 6) is 0.0894. The first-order chi connectivity index (χ1) is 7.60. The maximum absolute atomic E-state index is 11.3. The zero-order chi connectivity index (χ0) is 12.1. The Bertz CT molecular complexity index is 353. The number of rotatable bonds is 6. The van der Waals surface area contributed by atoms with Gasteiger partial charge in [-0.15, -0.1) is 0 Å². The molecule has 0 aromatic carbocycles. The summed E-state index contributed by atoms with van der Waals surface area (Å²) >= 11 is 0. The van der Waals surface area contributed by atoms with E-state index in [1.807, 2.05) is 11.6 Å². The van der Waals surface area contributed by atoms with Crippen LogP contribution in [0.3, 0.4) is 0 Å². The van der Waals surface area contributed by atoms with Gasteiger partial charge in [-0.2, -0.15) is 5.10 Å². The van der Waals surface area contributed by atoms with Gasteiger partial charge in [-0.1, -0.05) is 13.8 Å². The molecule has 1 heterocycles. The predicted octanol–water partition coefficient (Wildman–Crippen LogP) is 1.74. The third-order valence-electron chi connectivity index (χ3n) is 3.00. The van der Waals surface area contributed by atoms with Crippen LogP contribution in [0.15, 0.2) is 6.20 Å². The van der Waals surface area contributed by atoms with Crippen molar-refractivity contribution in [2.24, 2.45) is 0 Å². The molecule has 0 amide bonds. The number of aromatic nitrogens is 2. The first-order valence-electron chi connectivity index (χ1n) is 5.85. The molecule has 4 nitrogen and oxygen atoms in total. The Morgan fingerprint density at radius 3 is 2.50 bits per heavy atom. The zero-order valence-corrected chi connectivity index (χ0v) is 10.7. The maximum atomic E-state index is 11.3. The van der Waals surface area contributed by atoms with Gasteiger partial charge in [0.2, 0.25) is 0 Å². The van der Waals surface area contributed by atoms with Gasteiger partial charge >= 0.3 is 0 Å². The Hall–Kier alpha value is -1.16. The minimum absolute atomic E-state index is 0.0894. The Morgan fingerprint density at radius 1 is 1.44 bits per heavy atom. The van der Waals surface area contributed by atoms with E-state index in [0.29, 0.717) is 0 Å². The van der Waals surface area contributed by atoms with Crippen LogP contribution in [0.2, 0.25) is 0 Å². The number of nitrogens with zero attached hydrogens (tertiary/aromatic N) is 3. The number of carbonyl (C=O) groups is 1. The first-order valence-corrected chi connectivity index (χ1v) is 5.85. The average Bonchev–Trinajstić information content (AvgIpc) is 2.62. The fraction of sp³-hybridized carbons (Fsp3) is 0.667. The highest BCUT2D eigenvalue weighted by atomic mass is 16.1. The van der Waals surface area contributed by atoms with Crippen LogP contribution in [0.1, 0.15) is 36.8 Å². The minimum atomic E-state index is 0.0894. The molecule has 1 aromatic rings. The highest BCUT2D eigenvalue weighted by molar-refractivity contribution is 5.94. The van der Waals surface area contributed by atoms with E-state index in [1.54, 1.807) is 13.1 Å². The monoisotopic (exact) mass is 223 g/mol. The van der Waals surface area contributed by atoms with Gasteiger partial charge in [0, 0.05) is 12.2 Å². The van der Waals surface area contributed by atoms with Crippen LogP contribution < -0.4 is 0 Å². The van der Waals surface area contributed by atoms with E-state index in [9.17, 15) is 4.79 Å². The minimum Gasteiger partial charge on any atom is -0.302 e. The van der Waals surface area contributed by atoms with Gasteiger partial charge in [-0.25, -0.2) is 0 Å². The van der Waals surface area contributed by atoms with E-state index in [-0.39, 0.29) is 5.78 Å². The third kappa shape index (κ3) is 2.92. The summed E-state index contributed by atoms with van der Waals surface area (Å²) in [5.41, 5.74) is 1.71. The molecule has 0 aliphatic heterocycles. The summed E-state index contributed by atoms with van der Waals surface area (Å²) in [6.45, 7) is 11.8. The first kappa shape index (κ1) is 12.9. The maximum Gasteiger partial charge on any atom is 0.163 e. The van der Waals surface area contributed by atoms with E-state index in [1.165, 1.54) is 0 Å². The molecular formula is C12H21N3O. The largest absolute Gasteiger partial charge is 0.302 e. The van der Waals surface area contributed by atoms with Crippen molar-refractivity contribution in [2.75, 3.05) is 19.6 Å². The molecule has 0 N–H and O–H groups in total. The summed E-state index contributed by atoms with van der Waals surface area (Å²) in [4.78, 5) is 13.6. The van der Waals surface area contributed by atoms with Crippen molar-refractivity contribution in [3.63, 3.8) is 0 Å². The number of likely N-dealkylation sites (N-methyl/N-ethyl adjacent to an activating group) is 1. The van der Waals surface area contributed by atoms with Crippen LogP contribution >= 0.6 is 0 Å². The molecule has 0 fully saturated rings. The second-order valence-corrected chi connectivity index (χ2v) is 3.95. The Morgan fingerprint density at radius 2 is 2.06 bits per heavy atom. The third-order valence-corrected chi connectivity index (χ3v) is 3.00. The number of Topliss-reactive ketones (excluding diaryl/α,β-unsaturated/α-hetero) is 1. The topological polar surface area (TPSA) is 38.1 Å². The molecule has 90 valence electrons. The predicted molar refractivity (Wildman–Crippen MR) is 64.8 cm³/mol. The number of ketones is 1. The molecular weight excluding hydrogens is 202 g/mol. The molecule has 0 bridgehead atoms. The number of carbonyl (C=O) groups excluding carboxylic acids is 1. The van der Waals surface area contributed by atoms with E-state index < -0.39 is 0 Å². The molecule has 0 aliphatic carbocycles. The Kier molecular flexibility index (Phi) is 4.68. The van der Waals surface area contributed by atoms with Crippen molar-refractivity contribution in [2.45, 2.75) is 34.2 Å². The van der Waals surface area contributed by atoms with Crippen LogP contribution in [-0.2, 0) is 6.54 Å². The van der Waals surface area contributed by atoms with Crippen LogP contribution in [0.5, 0.6) is 0 Å². The second-order valence-electron chi connectivity index (χ2n) is 3.95. The van der Waals surface area contributed by atoms with Gasteiger partial charge in [0.1, 0.15) is 0 Å². The molecule has 0 atom stereocenters. The lowest BCUT2D eigenvalue weighted by atomic mass is 10.2. The van der Waals surface area contributed by atoms with Crippen molar-refractivity contribution in [3.8, 4) is 0 Å². The van der Waals surface area contributed by atoms with Gasteiger partial charge in [-0.05, 0) is 26.9 Å². The summed E-state index contributed by atoms with van der Waals surface area (Å²) < 4.78 is 1.91. The van der Waals surface area contributed by atoms with Crippen LogP contribution in [-0.4, -0.2) is 40.1 Å². The fourth-order valence-corrected chi connectivity index (χ4v) is 1.79. The Labute approximate surface area is 97.2 Å². The SMILES string of the molecule is CCN(CC)CCn1ncc(C(C)=O)c1C. The smallest absolute Gasteiger partial charge is 0.163 e. The lowest BCUT2D eigenvalue weighted by Gasteiger charge is -2.18. The van der Waals surface area contributed by atoms with Crippen molar-refractivity contribution in [1.82, 2.24) is 14.7 Å². The van der Waals surface area contributed by atoms with Crippen molar-refractivity contribution in [1.29, 1.82) is 0 Å². The molecule has 0 saturated heterocycles. The highest BCUT2D eigenvalue weighted by Crippen LogP contribution is 2.07. The molecule has 0 aliphatic rings. The van der Waals surface area contributed by atoms with Crippen LogP contribution in [0, 0.1) is 6.92 Å². The highest BCUT2D eigenvalue weighted by Gasteiger charge is 2.10. The van der Waals surface area contributed by atoms with Gasteiger partial charge < -0.3 is 4.90 Å². The van der Waals surface area contributed by atoms with Crippen molar-refractivity contribution >= 4 is 5.78 Å².